The summed E-state index contributed by atoms with van der Waals surface area (Å²) in [7, 11) is -0.378. The Morgan fingerprint density at radius 1 is 1.39 bits per heavy atom. The molecular weight excluding hydrogens is 264 g/mol. The van der Waals surface area contributed by atoms with Crippen LogP contribution in [0.15, 0.2) is 12.7 Å². The lowest BCUT2D eigenvalue weighted by molar-refractivity contribution is -0.232. The lowest BCUT2D eigenvalue weighted by Crippen LogP contribution is -2.28. The molecule has 0 N–H and O–H groups in total. The molecule has 0 spiro atoms. The lowest BCUT2D eigenvalue weighted by atomic mass is 10.5. The SMILES string of the molecule is C=CC(=O)OCCC.CCC([SiH3])OO[Si](C)(C)C. The Morgan fingerprint density at radius 2 is 1.94 bits per heavy atom. The van der Waals surface area contributed by atoms with E-state index in [0.29, 0.717) is 12.3 Å². The smallest absolute Gasteiger partial charge is 0.330 e. The van der Waals surface area contributed by atoms with Gasteiger partial charge in [0, 0.05) is 16.3 Å². The van der Waals surface area contributed by atoms with Gasteiger partial charge in [0.15, 0.2) is 0 Å². The van der Waals surface area contributed by atoms with Crippen LogP contribution >= 0.6 is 0 Å². The highest BCUT2D eigenvalue weighted by molar-refractivity contribution is 6.69. The molecule has 18 heavy (non-hydrogen) atoms. The van der Waals surface area contributed by atoms with E-state index < -0.39 is 8.32 Å². The van der Waals surface area contributed by atoms with Gasteiger partial charge in [-0.2, -0.15) is 0 Å². The summed E-state index contributed by atoms with van der Waals surface area (Å²) >= 11 is 0. The Morgan fingerprint density at radius 3 is 2.28 bits per heavy atom. The predicted octanol–water partition coefficient (Wildman–Crippen LogP) is 2.00. The second-order valence-electron chi connectivity index (χ2n) is 4.88. The highest BCUT2D eigenvalue weighted by atomic mass is 28.4. The van der Waals surface area contributed by atoms with Crippen molar-refractivity contribution in [1.82, 2.24) is 0 Å². The van der Waals surface area contributed by atoms with Gasteiger partial charge in [-0.1, -0.05) is 20.4 Å². The van der Waals surface area contributed by atoms with Crippen LogP contribution in [0.3, 0.4) is 0 Å². The fourth-order valence-electron chi connectivity index (χ4n) is 0.556. The summed E-state index contributed by atoms with van der Waals surface area (Å²) in [5, 5.41) is 0. The first-order valence-electron chi connectivity index (χ1n) is 6.40. The van der Waals surface area contributed by atoms with E-state index in [2.05, 4.69) is 37.9 Å². The molecule has 1 unspecified atom stereocenters. The van der Waals surface area contributed by atoms with Gasteiger partial charge in [-0.3, -0.25) is 4.58 Å². The molecule has 0 rings (SSSR count). The molecule has 0 saturated carbocycles. The van der Waals surface area contributed by atoms with Crippen LogP contribution in [0.1, 0.15) is 26.7 Å². The van der Waals surface area contributed by atoms with Crippen molar-refractivity contribution in [2.75, 3.05) is 6.61 Å². The Balaban J connectivity index is 0. The van der Waals surface area contributed by atoms with Gasteiger partial charge in [0.1, 0.15) is 0 Å². The molecule has 0 aliphatic carbocycles. The van der Waals surface area contributed by atoms with E-state index in [-0.39, 0.29) is 5.97 Å². The standard InChI is InChI=1S/C6H18O2Si2.C6H10O2/c1-5-6(9)7-8-10(2,3)4;1-3-5-8-6(7)4-2/h6H,5H2,1-4,9H3;4H,2-3,5H2,1H3. The van der Waals surface area contributed by atoms with E-state index in [1.165, 1.54) is 0 Å². The fraction of sp³-hybridized carbons (Fsp3) is 0.750. The highest BCUT2D eigenvalue weighted by Crippen LogP contribution is 2.05. The van der Waals surface area contributed by atoms with E-state index in [4.69, 9.17) is 9.46 Å². The molecule has 0 aromatic heterocycles. The summed E-state index contributed by atoms with van der Waals surface area (Å²) in [6.45, 7) is 14.2. The van der Waals surface area contributed by atoms with Crippen LogP contribution in [0.5, 0.6) is 0 Å². The summed E-state index contributed by atoms with van der Waals surface area (Å²) in [4.78, 5) is 15.4. The van der Waals surface area contributed by atoms with Crippen molar-refractivity contribution in [2.45, 2.75) is 52.1 Å². The minimum atomic E-state index is -1.44. The molecule has 0 radical (unpaired) electrons. The highest BCUT2D eigenvalue weighted by Gasteiger charge is 2.16. The maximum atomic E-state index is 10.2. The molecule has 108 valence electrons. The van der Waals surface area contributed by atoms with E-state index >= 15 is 0 Å². The Hall–Kier alpha value is -0.436. The van der Waals surface area contributed by atoms with Crippen molar-refractivity contribution in [2.24, 2.45) is 0 Å². The summed E-state index contributed by atoms with van der Waals surface area (Å²) in [5.41, 5.74) is 0.367. The van der Waals surface area contributed by atoms with E-state index in [9.17, 15) is 4.79 Å². The third-order valence-corrected chi connectivity index (χ3v) is 3.26. The van der Waals surface area contributed by atoms with Crippen molar-refractivity contribution in [3.8, 4) is 0 Å². The molecule has 0 saturated heterocycles. The molecule has 0 bridgehead atoms. The number of hydrogen-bond donors (Lipinski definition) is 0. The molecule has 6 heteroatoms. The minimum Gasteiger partial charge on any atom is -0.463 e. The second-order valence-corrected chi connectivity index (χ2v) is 10.6. The number of carbonyl (C=O) groups excluding carboxylic acids is 1. The van der Waals surface area contributed by atoms with Crippen LogP contribution in [0.25, 0.3) is 0 Å². The summed E-state index contributed by atoms with van der Waals surface area (Å²) in [6.07, 6.45) is 3.09. The van der Waals surface area contributed by atoms with Gasteiger partial charge in [-0.15, -0.1) is 0 Å². The monoisotopic (exact) mass is 292 g/mol. The normalized spacial score (nSPS) is 12.3. The zero-order valence-corrected chi connectivity index (χ0v) is 15.6. The molecule has 4 nitrogen and oxygen atoms in total. The van der Waals surface area contributed by atoms with Gasteiger partial charge in [0.25, 0.3) is 0 Å². The van der Waals surface area contributed by atoms with E-state index in [0.717, 1.165) is 29.2 Å². The van der Waals surface area contributed by atoms with Crippen LogP contribution in [-0.4, -0.2) is 36.9 Å². The Labute approximate surface area is 115 Å². The molecular formula is C12H28O4Si2. The van der Waals surface area contributed by atoms with Gasteiger partial charge in [0.2, 0.25) is 8.32 Å². The molecule has 1 atom stereocenters. The third kappa shape index (κ3) is 17.9. The summed E-state index contributed by atoms with van der Waals surface area (Å²) in [5.74, 6) is -0.341. The van der Waals surface area contributed by atoms with Crippen LogP contribution in [0.2, 0.25) is 19.6 Å². The zero-order valence-electron chi connectivity index (χ0n) is 12.6. The molecule has 0 heterocycles. The van der Waals surface area contributed by atoms with Crippen LogP contribution in [-0.2, 0) is 19.0 Å². The molecule has 0 fully saturated rings. The summed E-state index contributed by atoms with van der Waals surface area (Å²) < 4.78 is 9.84. The number of carbonyl (C=O) groups is 1. The Kier molecular flexibility index (Phi) is 12.9. The molecule has 0 aliphatic heterocycles. The number of hydrogen-bond acceptors (Lipinski definition) is 4. The maximum absolute atomic E-state index is 10.2. The van der Waals surface area contributed by atoms with Crippen molar-refractivity contribution in [3.63, 3.8) is 0 Å². The van der Waals surface area contributed by atoms with Gasteiger partial charge < -0.3 is 4.74 Å². The second kappa shape index (κ2) is 11.6. The molecule has 0 aliphatic rings. The van der Waals surface area contributed by atoms with Gasteiger partial charge in [-0.25, -0.2) is 9.68 Å². The number of ether oxygens (including phenoxy) is 1. The van der Waals surface area contributed by atoms with Crippen LogP contribution in [0.4, 0.5) is 0 Å². The predicted molar refractivity (Wildman–Crippen MR) is 81.0 cm³/mol. The lowest BCUT2D eigenvalue weighted by Gasteiger charge is -2.18. The topological polar surface area (TPSA) is 44.8 Å². The minimum absolute atomic E-state index is 0.341. The largest absolute Gasteiger partial charge is 0.463 e. The first kappa shape index (κ1) is 19.9. The third-order valence-electron chi connectivity index (χ3n) is 1.65. The van der Waals surface area contributed by atoms with Crippen molar-refractivity contribution >= 4 is 24.5 Å². The van der Waals surface area contributed by atoms with Crippen molar-refractivity contribution < 1.29 is 19.0 Å². The van der Waals surface area contributed by atoms with Gasteiger partial charge >= 0.3 is 5.97 Å². The van der Waals surface area contributed by atoms with Gasteiger partial charge in [-0.05, 0) is 32.5 Å². The number of esters is 1. The first-order valence-corrected chi connectivity index (χ1v) is 11.0. The Bertz CT molecular complexity index is 227. The zero-order chi connectivity index (χ0) is 14.6. The molecule has 0 aromatic rings. The van der Waals surface area contributed by atoms with Crippen molar-refractivity contribution in [3.05, 3.63) is 12.7 Å². The van der Waals surface area contributed by atoms with E-state index in [1.54, 1.807) is 0 Å². The van der Waals surface area contributed by atoms with Crippen LogP contribution in [0, 0.1) is 0 Å². The molecule has 0 aromatic carbocycles. The maximum Gasteiger partial charge on any atom is 0.330 e. The van der Waals surface area contributed by atoms with Gasteiger partial charge in [0.05, 0.1) is 12.3 Å². The van der Waals surface area contributed by atoms with Crippen LogP contribution < -0.4 is 0 Å². The van der Waals surface area contributed by atoms with Crippen molar-refractivity contribution in [1.29, 1.82) is 0 Å². The number of rotatable bonds is 7. The quantitative estimate of drug-likeness (QED) is 0.237. The fourth-order valence-corrected chi connectivity index (χ4v) is 1.30. The average molecular weight is 293 g/mol. The average Bonchev–Trinajstić information content (AvgIpc) is 2.32. The van der Waals surface area contributed by atoms with E-state index in [1.807, 2.05) is 6.92 Å². The molecule has 0 amide bonds. The summed E-state index contributed by atoms with van der Waals surface area (Å²) in [6, 6.07) is 0. The first-order chi connectivity index (χ1) is 8.26.